The number of hydrogen-bond donors (Lipinski definition) is 2. The number of fused-ring (bicyclic) bond motifs is 1. The van der Waals surface area contributed by atoms with Crippen molar-refractivity contribution in [3.8, 4) is 0 Å². The van der Waals surface area contributed by atoms with E-state index in [2.05, 4.69) is 44.9 Å². The monoisotopic (exact) mass is 476 g/mol. The number of unbranched alkanes of at least 4 members (excludes halogenated alkanes) is 1. The second-order valence-electron chi connectivity index (χ2n) is 9.07. The number of hydroxylamine groups is 1. The zero-order valence-corrected chi connectivity index (χ0v) is 20.6. The average molecular weight is 477 g/mol. The molecule has 2 aliphatic rings. The third kappa shape index (κ3) is 6.93. The lowest BCUT2D eigenvalue weighted by atomic mass is 9.92. The summed E-state index contributed by atoms with van der Waals surface area (Å²) >= 11 is 0. The third-order valence-corrected chi connectivity index (χ3v) is 6.68. The van der Waals surface area contributed by atoms with Gasteiger partial charge in [-0.25, -0.2) is 5.48 Å². The molecule has 0 atom stereocenters. The van der Waals surface area contributed by atoms with Crippen molar-refractivity contribution >= 4 is 23.6 Å². The van der Waals surface area contributed by atoms with Crippen molar-refractivity contribution in [2.45, 2.75) is 32.6 Å². The van der Waals surface area contributed by atoms with E-state index in [1.807, 2.05) is 31.2 Å². The van der Waals surface area contributed by atoms with E-state index in [1.54, 1.807) is 6.07 Å². The number of rotatable bonds is 10. The van der Waals surface area contributed by atoms with Crippen LogP contribution in [0.1, 0.15) is 47.7 Å². The Morgan fingerprint density at radius 2 is 1.77 bits per heavy atom. The van der Waals surface area contributed by atoms with Crippen molar-refractivity contribution in [1.29, 1.82) is 0 Å². The summed E-state index contributed by atoms with van der Waals surface area (Å²) in [7, 11) is 0. The van der Waals surface area contributed by atoms with Gasteiger partial charge in [-0.05, 0) is 74.6 Å². The summed E-state index contributed by atoms with van der Waals surface area (Å²) in [6.07, 6.45) is 5.83. The van der Waals surface area contributed by atoms with E-state index < -0.39 is 0 Å². The average Bonchev–Trinajstić information content (AvgIpc) is 2.91. The van der Waals surface area contributed by atoms with E-state index in [0.29, 0.717) is 18.7 Å². The normalized spacial score (nSPS) is 15.8. The second kappa shape index (κ2) is 12.5. The Balaban J connectivity index is 1.14. The highest BCUT2D eigenvalue weighted by atomic mass is 16.6. The fraction of sp³-hybridized carbons (Fsp3) is 0.429. The van der Waals surface area contributed by atoms with Crippen LogP contribution in [0.2, 0.25) is 0 Å². The molecule has 1 saturated heterocycles. The Kier molecular flexibility index (Phi) is 8.92. The van der Waals surface area contributed by atoms with Crippen molar-refractivity contribution < 1.29 is 14.4 Å². The molecule has 1 fully saturated rings. The van der Waals surface area contributed by atoms with E-state index in [9.17, 15) is 9.59 Å². The van der Waals surface area contributed by atoms with Gasteiger partial charge in [0.1, 0.15) is 0 Å². The summed E-state index contributed by atoms with van der Waals surface area (Å²) in [5, 5.41) is 3.10. The fourth-order valence-electron chi connectivity index (χ4n) is 4.66. The minimum Gasteiger partial charge on any atom is -0.369 e. The van der Waals surface area contributed by atoms with Gasteiger partial charge in [0.2, 0.25) is 5.91 Å². The number of carbonyl (C=O) groups excluding carboxylic acids is 2. The van der Waals surface area contributed by atoms with Gasteiger partial charge in [-0.3, -0.25) is 19.3 Å². The van der Waals surface area contributed by atoms with Gasteiger partial charge in [-0.15, -0.1) is 0 Å². The van der Waals surface area contributed by atoms with Gasteiger partial charge in [0.05, 0.1) is 6.61 Å². The van der Waals surface area contributed by atoms with Gasteiger partial charge in [0, 0.05) is 49.5 Å². The van der Waals surface area contributed by atoms with Crippen molar-refractivity contribution in [1.82, 2.24) is 15.7 Å². The number of anilines is 1. The number of benzene rings is 2. The Morgan fingerprint density at radius 3 is 2.60 bits per heavy atom. The maximum absolute atomic E-state index is 12.5. The van der Waals surface area contributed by atoms with Crippen LogP contribution in [0.15, 0.2) is 54.1 Å². The molecule has 0 spiro atoms. The summed E-state index contributed by atoms with van der Waals surface area (Å²) in [6, 6.07) is 16.0. The van der Waals surface area contributed by atoms with Crippen LogP contribution in [0.3, 0.4) is 0 Å². The molecule has 1 aliphatic carbocycles. The Hall–Kier alpha value is -3.16. The van der Waals surface area contributed by atoms with E-state index in [-0.39, 0.29) is 11.8 Å². The Bertz CT molecular complexity index is 1040. The topological polar surface area (TPSA) is 73.9 Å². The number of nitrogens with zero attached hydrogens (tertiary/aromatic N) is 2. The molecule has 186 valence electrons. The van der Waals surface area contributed by atoms with Crippen molar-refractivity contribution in [2.75, 3.05) is 50.8 Å². The van der Waals surface area contributed by atoms with Crippen molar-refractivity contribution in [3.63, 3.8) is 0 Å². The molecular formula is C28H36N4O3. The molecule has 2 aromatic carbocycles. The van der Waals surface area contributed by atoms with Crippen LogP contribution in [-0.4, -0.2) is 62.6 Å². The highest BCUT2D eigenvalue weighted by molar-refractivity contribution is 5.98. The number of hydrogen-bond acceptors (Lipinski definition) is 5. The maximum atomic E-state index is 12.5. The van der Waals surface area contributed by atoms with Gasteiger partial charge >= 0.3 is 0 Å². The van der Waals surface area contributed by atoms with E-state index >= 15 is 0 Å². The van der Waals surface area contributed by atoms with Crippen LogP contribution in [0, 0.1) is 0 Å². The molecule has 1 aliphatic heterocycles. The minimum atomic E-state index is -0.218. The first-order chi connectivity index (χ1) is 17.1. The lowest BCUT2D eigenvalue weighted by Gasteiger charge is -2.36. The van der Waals surface area contributed by atoms with Gasteiger partial charge in [-0.2, -0.15) is 0 Å². The lowest BCUT2D eigenvalue weighted by Crippen LogP contribution is -2.46. The van der Waals surface area contributed by atoms with Crippen molar-refractivity contribution in [3.05, 3.63) is 70.8 Å². The summed E-state index contributed by atoms with van der Waals surface area (Å²) in [5.74, 6) is -0.144. The molecule has 0 radical (unpaired) electrons. The largest absolute Gasteiger partial charge is 0.369 e. The molecule has 1 heterocycles. The van der Waals surface area contributed by atoms with Gasteiger partial charge in [0.25, 0.3) is 5.91 Å². The molecule has 7 heteroatoms. The highest BCUT2D eigenvalue weighted by Gasteiger charge is 2.18. The van der Waals surface area contributed by atoms with Gasteiger partial charge < -0.3 is 10.2 Å². The molecule has 0 bridgehead atoms. The Labute approximate surface area is 208 Å². The van der Waals surface area contributed by atoms with E-state index in [0.717, 1.165) is 69.7 Å². The zero-order chi connectivity index (χ0) is 24.5. The quantitative estimate of drug-likeness (QED) is 0.406. The maximum Gasteiger partial charge on any atom is 0.274 e. The zero-order valence-electron chi connectivity index (χ0n) is 20.6. The van der Waals surface area contributed by atoms with Crippen LogP contribution in [0.5, 0.6) is 0 Å². The number of piperazine rings is 1. The highest BCUT2D eigenvalue weighted by Crippen LogP contribution is 2.23. The third-order valence-electron chi connectivity index (χ3n) is 6.68. The van der Waals surface area contributed by atoms with Crippen molar-refractivity contribution in [2.24, 2.45) is 0 Å². The summed E-state index contributed by atoms with van der Waals surface area (Å²) in [6.45, 7) is 7.88. The summed E-state index contributed by atoms with van der Waals surface area (Å²) in [5.41, 5.74) is 7.51. The predicted molar refractivity (Wildman–Crippen MR) is 139 cm³/mol. The number of nitrogens with one attached hydrogen (secondary N) is 2. The summed E-state index contributed by atoms with van der Waals surface area (Å²) < 4.78 is 0. The standard InChI is InChI=1S/C28H36N4O3/c1-2-35-30-28(34)24-10-7-11-26(21-24)32-18-16-31(17-19-32)15-6-5-14-29-27(33)25-13-12-22-8-3-4-9-23(22)20-25/h3-4,7-11,20-21H,2,5-6,12-19H2,1H3,(H,29,33)(H,30,34). The molecule has 35 heavy (non-hydrogen) atoms. The van der Waals surface area contributed by atoms with E-state index in [1.165, 1.54) is 11.1 Å². The molecule has 2 amide bonds. The number of amides is 2. The van der Waals surface area contributed by atoms with Crippen LogP contribution in [0.4, 0.5) is 5.69 Å². The smallest absolute Gasteiger partial charge is 0.274 e. The molecular weight excluding hydrogens is 440 g/mol. The number of carbonyl (C=O) groups is 2. The second-order valence-corrected chi connectivity index (χ2v) is 9.07. The van der Waals surface area contributed by atoms with Crippen LogP contribution in [-0.2, 0) is 16.1 Å². The Morgan fingerprint density at radius 1 is 0.943 bits per heavy atom. The van der Waals surface area contributed by atoms with E-state index in [4.69, 9.17) is 4.84 Å². The first-order valence-corrected chi connectivity index (χ1v) is 12.7. The van der Waals surface area contributed by atoms with Crippen LogP contribution >= 0.6 is 0 Å². The molecule has 4 rings (SSSR count). The fourth-order valence-corrected chi connectivity index (χ4v) is 4.66. The first kappa shape index (κ1) is 24.9. The lowest BCUT2D eigenvalue weighted by molar-refractivity contribution is -0.117. The number of aryl methyl sites for hydroxylation is 1. The van der Waals surface area contributed by atoms with Gasteiger partial charge in [-0.1, -0.05) is 30.3 Å². The predicted octanol–water partition coefficient (Wildman–Crippen LogP) is 3.42. The summed E-state index contributed by atoms with van der Waals surface area (Å²) in [4.78, 5) is 34.5. The molecule has 0 saturated carbocycles. The van der Waals surface area contributed by atoms with Crippen LogP contribution < -0.4 is 15.7 Å². The van der Waals surface area contributed by atoms with Gasteiger partial charge in [0.15, 0.2) is 0 Å². The molecule has 2 aromatic rings. The SMILES string of the molecule is CCONC(=O)c1cccc(N2CCN(CCCCNC(=O)C3=Cc4ccccc4CC3)CC2)c1. The molecule has 0 aromatic heterocycles. The van der Waals surface area contributed by atoms with Crippen LogP contribution in [0.25, 0.3) is 6.08 Å². The molecule has 7 nitrogen and oxygen atoms in total. The molecule has 0 unspecified atom stereocenters. The molecule has 2 N–H and O–H groups in total. The minimum absolute atomic E-state index is 0.0743. The first-order valence-electron chi connectivity index (χ1n) is 12.7.